The molecule has 0 bridgehead atoms. The molecule has 0 aliphatic carbocycles. The highest BCUT2D eigenvalue weighted by Gasteiger charge is 1.97. The molecule has 2 nitrogen and oxygen atoms in total. The molecule has 7 heavy (non-hydrogen) atoms. The van der Waals surface area contributed by atoms with E-state index in [-0.39, 0.29) is 0 Å². The molecule has 0 amide bonds. The van der Waals surface area contributed by atoms with Crippen LogP contribution in [0.1, 0.15) is 6.42 Å². The minimum Gasteiger partial charge on any atom is -0.390 e. The van der Waals surface area contributed by atoms with Crippen molar-refractivity contribution in [1.29, 1.82) is 0 Å². The minimum atomic E-state index is -0.843. The first-order valence-electron chi connectivity index (χ1n) is 2.25. The van der Waals surface area contributed by atoms with E-state index >= 15 is 0 Å². The first-order chi connectivity index (χ1) is 3.31. The highest BCUT2D eigenvalue weighted by atomic mass is 19.1. The van der Waals surface area contributed by atoms with Crippen LogP contribution >= 0.6 is 0 Å². The van der Waals surface area contributed by atoms with E-state index in [1.807, 2.05) is 0 Å². The summed E-state index contributed by atoms with van der Waals surface area (Å²) in [6.45, 7) is -0.331. The van der Waals surface area contributed by atoms with Crippen LogP contribution in [0.2, 0.25) is 0 Å². The second-order valence-electron chi connectivity index (χ2n) is 1.39. The van der Waals surface area contributed by atoms with Gasteiger partial charge in [-0.1, -0.05) is 0 Å². The zero-order valence-electron chi connectivity index (χ0n) is 4.10. The monoisotopic (exact) mass is 107 g/mol. The van der Waals surface area contributed by atoms with E-state index in [0.29, 0.717) is 13.0 Å². The average Bonchev–Trinajstić information content (AvgIpc) is 1.68. The number of hydrogen-bond donors (Lipinski definition) is 2. The lowest BCUT2D eigenvalue weighted by Crippen LogP contribution is -2.14. The van der Waals surface area contributed by atoms with Crippen LogP contribution in [0.5, 0.6) is 0 Å². The van der Waals surface area contributed by atoms with E-state index in [1.165, 1.54) is 0 Å². The van der Waals surface area contributed by atoms with Gasteiger partial charge in [-0.05, 0) is 13.0 Å². The van der Waals surface area contributed by atoms with Crippen molar-refractivity contribution >= 4 is 0 Å². The quantitative estimate of drug-likeness (QED) is 0.518. The largest absolute Gasteiger partial charge is 0.390 e. The molecule has 0 saturated heterocycles. The summed E-state index contributed by atoms with van der Waals surface area (Å²) in [5, 5.41) is 8.40. The standard InChI is InChI=1S/C4H10FNO/c5-3-4(7)1-2-6/h4,7H,1-3,6H2. The molecule has 3 N–H and O–H groups in total. The van der Waals surface area contributed by atoms with Gasteiger partial charge in [0, 0.05) is 0 Å². The normalized spacial score (nSPS) is 14.1. The maximum atomic E-state index is 11.3. The fraction of sp³-hybridized carbons (Fsp3) is 1.00. The lowest BCUT2D eigenvalue weighted by Gasteiger charge is -1.99. The Labute approximate surface area is 42.1 Å². The molecule has 0 rings (SSSR count). The van der Waals surface area contributed by atoms with Crippen molar-refractivity contribution in [2.75, 3.05) is 13.2 Å². The van der Waals surface area contributed by atoms with E-state index in [0.717, 1.165) is 0 Å². The molecule has 1 unspecified atom stereocenters. The Morgan fingerprint density at radius 1 is 1.71 bits per heavy atom. The van der Waals surface area contributed by atoms with E-state index in [1.54, 1.807) is 0 Å². The molecule has 0 saturated carbocycles. The van der Waals surface area contributed by atoms with Gasteiger partial charge >= 0.3 is 0 Å². The molecule has 3 heteroatoms. The number of rotatable bonds is 3. The molecule has 0 spiro atoms. The van der Waals surface area contributed by atoms with Crippen LogP contribution in [0, 0.1) is 0 Å². The van der Waals surface area contributed by atoms with E-state index in [2.05, 4.69) is 0 Å². The second-order valence-corrected chi connectivity index (χ2v) is 1.39. The second kappa shape index (κ2) is 4.02. The number of halogens is 1. The van der Waals surface area contributed by atoms with Gasteiger partial charge in [0.2, 0.25) is 0 Å². The predicted octanol–water partition coefficient (Wildman–Crippen LogP) is -0.334. The summed E-state index contributed by atoms with van der Waals surface area (Å²) in [6.07, 6.45) is -0.485. The van der Waals surface area contributed by atoms with Crippen LogP contribution in [0.25, 0.3) is 0 Å². The van der Waals surface area contributed by atoms with Crippen molar-refractivity contribution < 1.29 is 9.50 Å². The Morgan fingerprint density at radius 3 is 2.43 bits per heavy atom. The molecule has 0 aromatic heterocycles. The van der Waals surface area contributed by atoms with Gasteiger partial charge in [0.05, 0.1) is 6.10 Å². The average molecular weight is 107 g/mol. The fourth-order valence-corrected chi connectivity index (χ4v) is 0.270. The van der Waals surface area contributed by atoms with Crippen molar-refractivity contribution in [3.8, 4) is 0 Å². The number of hydrogen-bond acceptors (Lipinski definition) is 2. The molecule has 1 atom stereocenters. The van der Waals surface area contributed by atoms with Gasteiger partial charge in [-0.15, -0.1) is 0 Å². The van der Waals surface area contributed by atoms with Crippen LogP contribution in [-0.2, 0) is 0 Å². The van der Waals surface area contributed by atoms with Crippen LogP contribution < -0.4 is 5.73 Å². The van der Waals surface area contributed by atoms with Gasteiger partial charge in [-0.3, -0.25) is 0 Å². The molecular formula is C4H10FNO. The van der Waals surface area contributed by atoms with Crippen LogP contribution in [0.3, 0.4) is 0 Å². The highest BCUT2D eigenvalue weighted by Crippen LogP contribution is 1.87. The number of nitrogens with two attached hydrogens (primary N) is 1. The Kier molecular flexibility index (Phi) is 3.93. The summed E-state index contributed by atoms with van der Waals surface area (Å²) in [5.74, 6) is 0. The van der Waals surface area contributed by atoms with Gasteiger partial charge in [0.25, 0.3) is 0 Å². The Balaban J connectivity index is 2.83. The van der Waals surface area contributed by atoms with Gasteiger partial charge < -0.3 is 10.8 Å². The topological polar surface area (TPSA) is 46.2 Å². The first kappa shape index (κ1) is 6.85. The molecular weight excluding hydrogens is 97.0 g/mol. The van der Waals surface area contributed by atoms with Gasteiger partial charge in [0.15, 0.2) is 0 Å². The summed E-state index contributed by atoms with van der Waals surface area (Å²) in [6, 6.07) is 0. The van der Waals surface area contributed by atoms with E-state index in [4.69, 9.17) is 10.8 Å². The van der Waals surface area contributed by atoms with Gasteiger partial charge in [0.1, 0.15) is 6.67 Å². The number of aliphatic hydroxyl groups excluding tert-OH is 1. The lowest BCUT2D eigenvalue weighted by molar-refractivity contribution is 0.133. The lowest BCUT2D eigenvalue weighted by atomic mass is 10.3. The van der Waals surface area contributed by atoms with Gasteiger partial charge in [-0.25, -0.2) is 4.39 Å². The molecule has 0 aliphatic rings. The molecule has 0 radical (unpaired) electrons. The number of alkyl halides is 1. The van der Waals surface area contributed by atoms with Crippen molar-refractivity contribution in [2.24, 2.45) is 5.73 Å². The molecule has 0 fully saturated rings. The summed E-state index contributed by atoms with van der Waals surface area (Å²) in [4.78, 5) is 0. The van der Waals surface area contributed by atoms with Crippen molar-refractivity contribution in [3.63, 3.8) is 0 Å². The smallest absolute Gasteiger partial charge is 0.115 e. The Hall–Kier alpha value is -0.150. The Morgan fingerprint density at radius 2 is 2.29 bits per heavy atom. The molecule has 0 heterocycles. The van der Waals surface area contributed by atoms with Gasteiger partial charge in [-0.2, -0.15) is 0 Å². The van der Waals surface area contributed by atoms with Crippen molar-refractivity contribution in [1.82, 2.24) is 0 Å². The molecule has 0 aliphatic heterocycles. The van der Waals surface area contributed by atoms with Crippen LogP contribution in [0.15, 0.2) is 0 Å². The summed E-state index contributed by atoms with van der Waals surface area (Å²) < 4.78 is 11.3. The van der Waals surface area contributed by atoms with E-state index < -0.39 is 12.8 Å². The molecule has 0 aromatic carbocycles. The predicted molar refractivity (Wildman–Crippen MR) is 25.7 cm³/mol. The summed E-state index contributed by atoms with van der Waals surface area (Å²) in [5.41, 5.74) is 4.98. The third-order valence-corrected chi connectivity index (χ3v) is 0.678. The minimum absolute atomic E-state index is 0.352. The third-order valence-electron chi connectivity index (χ3n) is 0.678. The third kappa shape index (κ3) is 3.69. The van der Waals surface area contributed by atoms with E-state index in [9.17, 15) is 4.39 Å². The zero-order chi connectivity index (χ0) is 5.70. The summed E-state index contributed by atoms with van der Waals surface area (Å²) >= 11 is 0. The maximum Gasteiger partial charge on any atom is 0.115 e. The van der Waals surface area contributed by atoms with Crippen molar-refractivity contribution in [2.45, 2.75) is 12.5 Å². The molecule has 0 aromatic rings. The van der Waals surface area contributed by atoms with Crippen LogP contribution in [0.4, 0.5) is 4.39 Å². The van der Waals surface area contributed by atoms with Crippen LogP contribution in [-0.4, -0.2) is 24.4 Å². The number of aliphatic hydroxyl groups is 1. The zero-order valence-corrected chi connectivity index (χ0v) is 4.10. The Bertz CT molecular complexity index is 42.7. The SMILES string of the molecule is NCCC(O)CF. The highest BCUT2D eigenvalue weighted by molar-refractivity contribution is 4.50. The maximum absolute atomic E-state index is 11.3. The molecule has 44 valence electrons. The summed E-state index contributed by atoms with van der Waals surface area (Å²) in [7, 11) is 0. The fourth-order valence-electron chi connectivity index (χ4n) is 0.270. The van der Waals surface area contributed by atoms with Crippen molar-refractivity contribution in [3.05, 3.63) is 0 Å². The first-order valence-corrected chi connectivity index (χ1v) is 2.25.